The van der Waals surface area contributed by atoms with Gasteiger partial charge < -0.3 is 4.57 Å². The highest BCUT2D eigenvalue weighted by molar-refractivity contribution is 5.77. The number of alkyl halides is 3. The summed E-state index contributed by atoms with van der Waals surface area (Å²) in [4.78, 5) is 24.3. The molecular weight excluding hydrogens is 447 g/mol. The van der Waals surface area contributed by atoms with Crippen LogP contribution in [0.1, 0.15) is 53.0 Å². The fraction of sp³-hybridized carbons (Fsp3) is 0.333. The van der Waals surface area contributed by atoms with Gasteiger partial charge in [0.1, 0.15) is 12.2 Å². The number of carbonyl (C=O) groups is 1. The zero-order valence-electron chi connectivity index (χ0n) is 18.2. The van der Waals surface area contributed by atoms with Gasteiger partial charge in [0.2, 0.25) is 0 Å². The summed E-state index contributed by atoms with van der Waals surface area (Å²) in [5.41, 5.74) is -0.874. The monoisotopic (exact) mass is 467 g/mol. The summed E-state index contributed by atoms with van der Waals surface area (Å²) in [5.74, 6) is 0.839. The molecule has 7 nitrogen and oxygen atoms in total. The Bertz CT molecular complexity index is 1520. The second-order valence-electron chi connectivity index (χ2n) is 9.59. The summed E-state index contributed by atoms with van der Waals surface area (Å²) in [5, 5.41) is 8.43. The maximum atomic E-state index is 13.7. The Balaban J connectivity index is 1.52. The first-order valence-electron chi connectivity index (χ1n) is 10.9. The first-order valence-corrected chi connectivity index (χ1v) is 10.9. The van der Waals surface area contributed by atoms with E-state index in [0.717, 1.165) is 40.9 Å². The van der Waals surface area contributed by atoms with Crippen LogP contribution in [0.3, 0.4) is 0 Å². The Hall–Kier alpha value is -3.69. The van der Waals surface area contributed by atoms with Crippen molar-refractivity contribution in [1.29, 1.82) is 0 Å². The van der Waals surface area contributed by atoms with Crippen molar-refractivity contribution in [3.8, 4) is 5.69 Å². The molecule has 2 aliphatic rings. The van der Waals surface area contributed by atoms with Gasteiger partial charge >= 0.3 is 11.9 Å². The lowest BCUT2D eigenvalue weighted by molar-refractivity contribution is -0.136. The van der Waals surface area contributed by atoms with E-state index in [1.807, 2.05) is 23.7 Å². The molecule has 0 amide bonds. The van der Waals surface area contributed by atoms with Crippen LogP contribution < -0.4 is 5.69 Å². The fourth-order valence-electron chi connectivity index (χ4n) is 5.61. The molecule has 1 aromatic carbocycles. The van der Waals surface area contributed by atoms with Crippen LogP contribution in [0.4, 0.5) is 13.2 Å². The number of pyridine rings is 1. The van der Waals surface area contributed by atoms with Crippen LogP contribution in [-0.2, 0) is 18.6 Å². The number of benzene rings is 1. The van der Waals surface area contributed by atoms with E-state index in [9.17, 15) is 22.8 Å². The van der Waals surface area contributed by atoms with E-state index in [4.69, 9.17) is 0 Å². The van der Waals surface area contributed by atoms with Crippen molar-refractivity contribution in [2.45, 2.75) is 37.3 Å². The molecule has 3 aromatic heterocycles. The highest BCUT2D eigenvalue weighted by Crippen LogP contribution is 2.70. The summed E-state index contributed by atoms with van der Waals surface area (Å²) >= 11 is 0. The second kappa shape index (κ2) is 6.68. The SMILES string of the molecule is Cn1cnnc1C1(c2cccc(-n3cc4c(C(F)(F)F)cc(C=O)cn4c3=O)c2)CC2(CC2)C1. The Morgan fingerprint density at radius 2 is 1.88 bits per heavy atom. The molecule has 2 saturated carbocycles. The van der Waals surface area contributed by atoms with Gasteiger partial charge in [0.25, 0.3) is 0 Å². The van der Waals surface area contributed by atoms with E-state index in [1.54, 1.807) is 18.5 Å². The van der Waals surface area contributed by atoms with Gasteiger partial charge in [0, 0.05) is 25.0 Å². The highest BCUT2D eigenvalue weighted by atomic mass is 19.4. The van der Waals surface area contributed by atoms with Crippen LogP contribution >= 0.6 is 0 Å². The minimum absolute atomic E-state index is 0.223. The largest absolute Gasteiger partial charge is 0.418 e. The Morgan fingerprint density at radius 1 is 1.12 bits per heavy atom. The molecule has 1 spiro atoms. The molecule has 2 fully saturated rings. The summed E-state index contributed by atoms with van der Waals surface area (Å²) in [6.45, 7) is 0. The normalized spacial score (nSPS) is 18.2. The van der Waals surface area contributed by atoms with Gasteiger partial charge in [-0.2, -0.15) is 13.2 Å². The number of hydrogen-bond donors (Lipinski definition) is 0. The van der Waals surface area contributed by atoms with Crippen LogP contribution in [0.5, 0.6) is 0 Å². The molecule has 6 rings (SSSR count). The first-order chi connectivity index (χ1) is 16.2. The third-order valence-electron chi connectivity index (χ3n) is 7.36. The molecule has 174 valence electrons. The standard InChI is InChI=1S/C24H20F3N5O2/c1-30-14-28-29-20(30)23(12-22(13-23)5-6-22)16-3-2-4-17(8-16)31-10-19-18(24(25,26)27)7-15(11-33)9-32(19)21(31)34/h2-4,7-11,14H,5-6,12-13H2,1H3. The first kappa shape index (κ1) is 20.9. The van der Waals surface area contributed by atoms with Gasteiger partial charge in [0.15, 0.2) is 6.29 Å². The number of imidazole rings is 1. The van der Waals surface area contributed by atoms with Crippen molar-refractivity contribution in [2.75, 3.05) is 0 Å². The summed E-state index contributed by atoms with van der Waals surface area (Å²) in [6.07, 6.45) is 3.74. The number of hydrogen-bond acceptors (Lipinski definition) is 4. The van der Waals surface area contributed by atoms with Crippen LogP contribution in [0.2, 0.25) is 0 Å². The van der Waals surface area contributed by atoms with Crippen molar-refractivity contribution in [2.24, 2.45) is 12.5 Å². The molecular formula is C24H20F3N5O2. The zero-order valence-corrected chi connectivity index (χ0v) is 18.2. The molecule has 4 aromatic rings. The van der Waals surface area contributed by atoms with Crippen LogP contribution in [0.25, 0.3) is 11.2 Å². The van der Waals surface area contributed by atoms with Crippen molar-refractivity contribution < 1.29 is 18.0 Å². The van der Waals surface area contributed by atoms with E-state index in [-0.39, 0.29) is 16.5 Å². The maximum Gasteiger partial charge on any atom is 0.418 e. The molecule has 0 aliphatic heterocycles. The smallest absolute Gasteiger partial charge is 0.320 e. The number of nitrogens with zero attached hydrogens (tertiary/aromatic N) is 5. The topological polar surface area (TPSA) is 74.2 Å². The van der Waals surface area contributed by atoms with Crippen LogP contribution in [-0.4, -0.2) is 30.0 Å². The molecule has 2 aliphatic carbocycles. The number of halogens is 3. The summed E-state index contributed by atoms with van der Waals surface area (Å²) in [7, 11) is 1.90. The van der Waals surface area contributed by atoms with Crippen LogP contribution in [0.15, 0.2) is 53.8 Å². The van der Waals surface area contributed by atoms with E-state index in [2.05, 4.69) is 10.2 Å². The quantitative estimate of drug-likeness (QED) is 0.427. The van der Waals surface area contributed by atoms with Gasteiger partial charge in [-0.25, -0.2) is 4.79 Å². The summed E-state index contributed by atoms with van der Waals surface area (Å²) in [6, 6.07) is 8.07. The number of carbonyl (C=O) groups excluding carboxylic acids is 1. The third kappa shape index (κ3) is 2.90. The molecule has 0 unspecified atom stereocenters. The Morgan fingerprint density at radius 3 is 2.50 bits per heavy atom. The van der Waals surface area contributed by atoms with Gasteiger partial charge in [-0.05, 0) is 54.9 Å². The number of rotatable bonds is 4. The molecule has 0 radical (unpaired) electrons. The van der Waals surface area contributed by atoms with Crippen molar-refractivity contribution >= 4 is 11.8 Å². The average Bonchev–Trinajstić information content (AvgIpc) is 3.35. The third-order valence-corrected chi connectivity index (χ3v) is 7.36. The Kier molecular flexibility index (Phi) is 4.10. The van der Waals surface area contributed by atoms with Gasteiger partial charge in [-0.3, -0.25) is 13.8 Å². The van der Waals surface area contributed by atoms with E-state index in [0.29, 0.717) is 17.4 Å². The number of fused-ring (bicyclic) bond motifs is 1. The minimum Gasteiger partial charge on any atom is -0.320 e. The zero-order chi connectivity index (χ0) is 23.9. The highest BCUT2D eigenvalue weighted by Gasteiger charge is 2.63. The predicted molar refractivity (Wildman–Crippen MR) is 116 cm³/mol. The lowest BCUT2D eigenvalue weighted by Crippen LogP contribution is -2.45. The molecule has 0 atom stereocenters. The van der Waals surface area contributed by atoms with Gasteiger partial charge in [-0.15, -0.1) is 10.2 Å². The van der Waals surface area contributed by atoms with Crippen molar-refractivity contribution in [3.05, 3.63) is 82.1 Å². The maximum absolute atomic E-state index is 13.7. The van der Waals surface area contributed by atoms with Gasteiger partial charge in [0.05, 0.1) is 22.2 Å². The molecule has 3 heterocycles. The summed E-state index contributed by atoms with van der Waals surface area (Å²) < 4.78 is 45.0. The van der Waals surface area contributed by atoms with Crippen LogP contribution in [0, 0.1) is 5.41 Å². The fourth-order valence-corrected chi connectivity index (χ4v) is 5.61. The number of aromatic nitrogens is 5. The minimum atomic E-state index is -4.72. The van der Waals surface area contributed by atoms with E-state index < -0.39 is 17.4 Å². The molecule has 0 N–H and O–H groups in total. The molecule has 10 heteroatoms. The van der Waals surface area contributed by atoms with Crippen molar-refractivity contribution in [1.82, 2.24) is 23.7 Å². The molecule has 0 saturated heterocycles. The van der Waals surface area contributed by atoms with Gasteiger partial charge in [-0.1, -0.05) is 12.1 Å². The lowest BCUT2D eigenvalue weighted by Gasteiger charge is -2.48. The second-order valence-corrected chi connectivity index (χ2v) is 9.59. The average molecular weight is 467 g/mol. The molecule has 34 heavy (non-hydrogen) atoms. The van der Waals surface area contributed by atoms with Crippen molar-refractivity contribution in [3.63, 3.8) is 0 Å². The van der Waals surface area contributed by atoms with E-state index in [1.165, 1.54) is 23.6 Å². The number of aryl methyl sites for hydroxylation is 1. The number of aldehydes is 1. The Labute approximate surface area is 191 Å². The predicted octanol–water partition coefficient (Wildman–Crippen LogP) is 3.91. The lowest BCUT2D eigenvalue weighted by atomic mass is 9.56. The molecule has 0 bridgehead atoms. The van der Waals surface area contributed by atoms with E-state index >= 15 is 0 Å².